The highest BCUT2D eigenvalue weighted by Gasteiger charge is 2.32. The van der Waals surface area contributed by atoms with Gasteiger partial charge in [0.1, 0.15) is 18.1 Å². The number of pyridine rings is 1. The van der Waals surface area contributed by atoms with Gasteiger partial charge in [0.15, 0.2) is 11.6 Å². The number of alkyl halides is 3. The van der Waals surface area contributed by atoms with E-state index in [-0.39, 0.29) is 30.5 Å². The van der Waals surface area contributed by atoms with E-state index in [1.165, 1.54) is 24.2 Å². The molecular weight excluding hydrogens is 456 g/mol. The van der Waals surface area contributed by atoms with E-state index >= 15 is 0 Å². The highest BCUT2D eigenvalue weighted by atomic mass is 19.4. The molecule has 0 saturated carbocycles. The molecule has 0 bridgehead atoms. The van der Waals surface area contributed by atoms with Crippen molar-refractivity contribution in [2.24, 2.45) is 0 Å². The van der Waals surface area contributed by atoms with Crippen LogP contribution in [0.25, 0.3) is 5.69 Å². The first kappa shape index (κ1) is 24.0. The monoisotopic (exact) mass is 473 g/mol. The smallest absolute Gasteiger partial charge is 0.417 e. The number of nitrogens with zero attached hydrogens (tertiary/aromatic N) is 5. The average molecular weight is 473 g/mol. The fourth-order valence-corrected chi connectivity index (χ4v) is 3.05. The van der Waals surface area contributed by atoms with E-state index in [0.29, 0.717) is 12.3 Å². The molecule has 1 aromatic carbocycles. The second-order valence-corrected chi connectivity index (χ2v) is 6.86. The highest BCUT2D eigenvalue weighted by molar-refractivity contribution is 5.98. The van der Waals surface area contributed by atoms with E-state index in [1.807, 2.05) is 0 Å². The van der Waals surface area contributed by atoms with Crippen LogP contribution in [0.4, 0.5) is 26.3 Å². The Morgan fingerprint density at radius 1 is 1.12 bits per heavy atom. The van der Waals surface area contributed by atoms with Crippen molar-refractivity contribution in [2.45, 2.75) is 26.1 Å². The van der Waals surface area contributed by atoms with E-state index in [0.717, 1.165) is 10.9 Å². The van der Waals surface area contributed by atoms with Crippen molar-refractivity contribution in [3.05, 3.63) is 65.4 Å². The summed E-state index contributed by atoms with van der Waals surface area (Å²) in [4.78, 5) is 18.5. The van der Waals surface area contributed by atoms with Gasteiger partial charge in [0.05, 0.1) is 29.6 Å². The van der Waals surface area contributed by atoms with Crippen molar-refractivity contribution in [1.82, 2.24) is 24.9 Å². The number of carbonyl (C=O) groups excluding carboxylic acids is 1. The molecule has 0 fully saturated rings. The molecule has 0 aliphatic heterocycles. The van der Waals surface area contributed by atoms with Crippen LogP contribution in [0.5, 0.6) is 5.88 Å². The Hall–Kier alpha value is -3.64. The fraction of sp³-hybridized carbons (Fsp3) is 0.300. The Labute approximate surface area is 183 Å². The molecule has 2 aromatic heterocycles. The summed E-state index contributed by atoms with van der Waals surface area (Å²) in [5.41, 5.74) is -2.01. The van der Waals surface area contributed by atoms with Gasteiger partial charge < -0.3 is 9.64 Å². The number of hydrogen-bond acceptors (Lipinski definition) is 5. The Bertz CT molecular complexity index is 1140. The fourth-order valence-electron chi connectivity index (χ4n) is 3.05. The molecule has 0 N–H and O–H groups in total. The van der Waals surface area contributed by atoms with E-state index < -0.39 is 47.0 Å². The number of amides is 1. The largest absolute Gasteiger partial charge is 0.473 e. The number of aromatic nitrogens is 4. The van der Waals surface area contributed by atoms with E-state index in [4.69, 9.17) is 4.74 Å². The van der Waals surface area contributed by atoms with Gasteiger partial charge in [-0.2, -0.15) is 23.4 Å². The zero-order valence-corrected chi connectivity index (χ0v) is 17.3. The first-order chi connectivity index (χ1) is 15.5. The maximum Gasteiger partial charge on any atom is 0.417 e. The predicted octanol–water partition coefficient (Wildman–Crippen LogP) is 4.03. The Morgan fingerprint density at radius 3 is 2.36 bits per heavy atom. The minimum absolute atomic E-state index is 0.0659. The molecule has 7 nitrogen and oxygen atoms in total. The molecule has 33 heavy (non-hydrogen) atoms. The first-order valence-corrected chi connectivity index (χ1v) is 9.55. The maximum atomic E-state index is 14.5. The second kappa shape index (κ2) is 9.46. The number of benzene rings is 1. The summed E-state index contributed by atoms with van der Waals surface area (Å²) in [6, 6.07) is 0.874. The molecule has 13 heteroatoms. The minimum Gasteiger partial charge on any atom is -0.473 e. The van der Waals surface area contributed by atoms with Crippen LogP contribution in [-0.2, 0) is 6.18 Å². The summed E-state index contributed by atoms with van der Waals surface area (Å²) in [7, 11) is 0. The number of carbonyl (C=O) groups is 1. The van der Waals surface area contributed by atoms with Crippen LogP contribution < -0.4 is 4.74 Å². The van der Waals surface area contributed by atoms with Crippen molar-refractivity contribution in [1.29, 1.82) is 0 Å². The molecule has 2 heterocycles. The zero-order chi connectivity index (χ0) is 24.3. The third kappa shape index (κ3) is 5.23. The van der Waals surface area contributed by atoms with Gasteiger partial charge >= 0.3 is 6.18 Å². The van der Waals surface area contributed by atoms with Crippen molar-refractivity contribution < 1.29 is 35.9 Å². The summed E-state index contributed by atoms with van der Waals surface area (Å²) in [5, 5.41) is 7.56. The van der Waals surface area contributed by atoms with Crippen molar-refractivity contribution in [2.75, 3.05) is 13.2 Å². The van der Waals surface area contributed by atoms with Gasteiger partial charge in [0.25, 0.3) is 5.91 Å². The molecule has 0 aliphatic rings. The summed E-state index contributed by atoms with van der Waals surface area (Å²) in [6.45, 7) is 2.80. The normalized spacial score (nSPS) is 12.5. The lowest BCUT2D eigenvalue weighted by atomic mass is 10.1. The molecule has 0 aliphatic carbocycles. The van der Waals surface area contributed by atoms with Crippen molar-refractivity contribution >= 4 is 5.91 Å². The van der Waals surface area contributed by atoms with Crippen LogP contribution in [-0.4, -0.2) is 50.0 Å². The van der Waals surface area contributed by atoms with Gasteiger partial charge in [-0.3, -0.25) is 4.79 Å². The summed E-state index contributed by atoms with van der Waals surface area (Å²) >= 11 is 0. The van der Waals surface area contributed by atoms with Crippen molar-refractivity contribution in [3.8, 4) is 11.6 Å². The van der Waals surface area contributed by atoms with Gasteiger partial charge in [0, 0.05) is 18.8 Å². The number of rotatable bonds is 7. The number of likely N-dealkylation sites (N-methyl/N-ethyl adjacent to an activating group) is 1. The van der Waals surface area contributed by atoms with Crippen LogP contribution in [0, 0.1) is 17.5 Å². The van der Waals surface area contributed by atoms with Crippen LogP contribution in [0.1, 0.15) is 29.8 Å². The number of ether oxygens (including phenoxy) is 1. The van der Waals surface area contributed by atoms with Crippen LogP contribution in [0.3, 0.4) is 0 Å². The third-order valence-electron chi connectivity index (χ3n) is 4.61. The highest BCUT2D eigenvalue weighted by Crippen LogP contribution is 2.30. The molecule has 1 unspecified atom stereocenters. The molecule has 0 spiro atoms. The van der Waals surface area contributed by atoms with Crippen LogP contribution in [0.15, 0.2) is 36.8 Å². The van der Waals surface area contributed by atoms with Gasteiger partial charge in [-0.1, -0.05) is 0 Å². The van der Waals surface area contributed by atoms with E-state index in [1.54, 1.807) is 6.92 Å². The summed E-state index contributed by atoms with van der Waals surface area (Å²) in [6.07, 6.45) is -1.86. The second-order valence-electron chi connectivity index (χ2n) is 6.86. The lowest BCUT2D eigenvalue weighted by Crippen LogP contribution is -2.42. The molecule has 176 valence electrons. The average Bonchev–Trinajstić information content (AvgIpc) is 3.26. The molecule has 1 atom stereocenters. The zero-order valence-electron chi connectivity index (χ0n) is 17.3. The maximum absolute atomic E-state index is 14.5. The topological polar surface area (TPSA) is 73.1 Å². The number of hydrogen-bond donors (Lipinski definition) is 0. The first-order valence-electron chi connectivity index (χ1n) is 9.55. The number of halogens is 6. The van der Waals surface area contributed by atoms with E-state index in [9.17, 15) is 31.1 Å². The SMILES string of the molecule is CCN(C(=O)c1cc(F)cc(F)c1-n1nccn1)C(C)COc1ncc(C(F)(F)F)cc1F. The van der Waals surface area contributed by atoms with Gasteiger partial charge in [0.2, 0.25) is 5.88 Å². The van der Waals surface area contributed by atoms with E-state index in [2.05, 4.69) is 15.2 Å². The summed E-state index contributed by atoms with van der Waals surface area (Å²) < 4.78 is 85.4. The minimum atomic E-state index is -4.77. The van der Waals surface area contributed by atoms with Gasteiger partial charge in [-0.25, -0.2) is 18.2 Å². The summed E-state index contributed by atoms with van der Waals surface area (Å²) in [5.74, 6) is -4.87. The standard InChI is InChI=1S/C20H17F6N5O2/c1-3-30(11(2)10-33-18-16(23)6-12(9-27-18)20(24,25)26)19(32)14-7-13(21)8-15(22)17(14)31-28-4-5-29-31/h4-9,11H,3,10H2,1-2H3. The predicted molar refractivity (Wildman–Crippen MR) is 102 cm³/mol. The molecule has 1 amide bonds. The molecule has 3 rings (SSSR count). The lowest BCUT2D eigenvalue weighted by molar-refractivity contribution is -0.138. The van der Waals surface area contributed by atoms with Crippen molar-refractivity contribution in [3.63, 3.8) is 0 Å². The van der Waals surface area contributed by atoms with Crippen LogP contribution in [0.2, 0.25) is 0 Å². The van der Waals surface area contributed by atoms with Gasteiger partial charge in [-0.05, 0) is 26.0 Å². The molecule has 0 saturated heterocycles. The molecule has 0 radical (unpaired) electrons. The van der Waals surface area contributed by atoms with Gasteiger partial charge in [-0.15, -0.1) is 4.80 Å². The molecular formula is C20H17F6N5O2. The molecule has 3 aromatic rings. The Morgan fingerprint density at radius 2 is 1.79 bits per heavy atom. The lowest BCUT2D eigenvalue weighted by Gasteiger charge is -2.28. The Kier molecular flexibility index (Phi) is 6.89. The third-order valence-corrected chi connectivity index (χ3v) is 4.61. The Balaban J connectivity index is 1.82. The van der Waals surface area contributed by atoms with Crippen LogP contribution >= 0.6 is 0 Å². The quantitative estimate of drug-likeness (QED) is 0.485.